The molecule has 0 saturated heterocycles. The second-order valence-corrected chi connectivity index (χ2v) is 5.56. The predicted molar refractivity (Wildman–Crippen MR) is 94.6 cm³/mol. The summed E-state index contributed by atoms with van der Waals surface area (Å²) in [4.78, 5) is 36.3. The van der Waals surface area contributed by atoms with Gasteiger partial charge in [-0.25, -0.2) is 4.79 Å². The van der Waals surface area contributed by atoms with E-state index in [0.29, 0.717) is 17.1 Å². The number of hydrogen-bond donors (Lipinski definition) is 0. The minimum absolute atomic E-state index is 0.246. The summed E-state index contributed by atoms with van der Waals surface area (Å²) in [7, 11) is 5.95. The number of carbonyl (C=O) groups is 1. The van der Waals surface area contributed by atoms with Crippen molar-refractivity contribution in [1.29, 1.82) is 0 Å². The van der Waals surface area contributed by atoms with Crippen molar-refractivity contribution in [2.45, 2.75) is 6.92 Å². The second kappa shape index (κ2) is 7.21. The fourth-order valence-electron chi connectivity index (χ4n) is 2.45. The Morgan fingerprint density at radius 1 is 1.08 bits per heavy atom. The molecule has 0 aliphatic carbocycles. The van der Waals surface area contributed by atoms with Gasteiger partial charge in [0, 0.05) is 25.9 Å². The minimum atomic E-state index is -0.462. The van der Waals surface area contributed by atoms with Gasteiger partial charge in [-0.2, -0.15) is 0 Å². The van der Waals surface area contributed by atoms with Crippen LogP contribution in [0.5, 0.6) is 11.5 Å². The Hall–Kier alpha value is -3.09. The summed E-state index contributed by atoms with van der Waals surface area (Å²) in [6.07, 6.45) is 4.10. The van der Waals surface area contributed by atoms with Gasteiger partial charge in [0.05, 0.1) is 19.8 Å². The molecule has 0 atom stereocenters. The van der Waals surface area contributed by atoms with Gasteiger partial charge in [-0.1, -0.05) is 0 Å². The highest BCUT2D eigenvalue weighted by molar-refractivity contribution is 6.08. The standard InChI is InChI=1S/C18H20N2O5/c1-11-8-15(24-4)16(25-5)9-13(11)14(21)7-6-12-10-19(2)18(23)20(3)17(12)22/h6-10H,1-5H3. The van der Waals surface area contributed by atoms with Crippen molar-refractivity contribution >= 4 is 11.9 Å². The third-order valence-electron chi connectivity index (χ3n) is 3.88. The number of rotatable bonds is 5. The summed E-state index contributed by atoms with van der Waals surface area (Å²) in [5, 5.41) is 0. The Balaban J connectivity index is 2.43. The van der Waals surface area contributed by atoms with Gasteiger partial charge >= 0.3 is 5.69 Å². The molecule has 0 aliphatic rings. The zero-order valence-electron chi connectivity index (χ0n) is 14.8. The molecule has 2 aromatic rings. The van der Waals surface area contributed by atoms with E-state index in [-0.39, 0.29) is 11.3 Å². The van der Waals surface area contributed by atoms with Gasteiger partial charge in [0.15, 0.2) is 17.3 Å². The molecule has 1 aromatic heterocycles. The third-order valence-corrected chi connectivity index (χ3v) is 3.88. The maximum absolute atomic E-state index is 12.5. The molecule has 0 unspecified atom stereocenters. The molecular weight excluding hydrogens is 324 g/mol. The van der Waals surface area contributed by atoms with Crippen molar-refractivity contribution in [3.63, 3.8) is 0 Å². The number of allylic oxidation sites excluding steroid dienone is 1. The van der Waals surface area contributed by atoms with Gasteiger partial charge in [0.2, 0.25) is 0 Å². The number of hydrogen-bond acceptors (Lipinski definition) is 5. The fraction of sp³-hybridized carbons (Fsp3) is 0.278. The summed E-state index contributed by atoms with van der Waals surface area (Å²) < 4.78 is 12.7. The van der Waals surface area contributed by atoms with E-state index in [2.05, 4.69) is 0 Å². The average molecular weight is 344 g/mol. The zero-order chi connectivity index (χ0) is 18.7. The smallest absolute Gasteiger partial charge is 0.330 e. The molecule has 0 saturated carbocycles. The highest BCUT2D eigenvalue weighted by atomic mass is 16.5. The second-order valence-electron chi connectivity index (χ2n) is 5.56. The SMILES string of the molecule is COc1cc(C)c(C(=O)C=Cc2cn(C)c(=O)n(C)c2=O)cc1OC. The van der Waals surface area contributed by atoms with E-state index in [1.54, 1.807) is 26.1 Å². The summed E-state index contributed by atoms with van der Waals surface area (Å²) in [5.41, 5.74) is 0.521. The van der Waals surface area contributed by atoms with E-state index in [1.165, 1.54) is 44.2 Å². The molecule has 132 valence electrons. The molecule has 0 N–H and O–H groups in total. The lowest BCUT2D eigenvalue weighted by Gasteiger charge is -2.11. The fourth-order valence-corrected chi connectivity index (χ4v) is 2.45. The van der Waals surface area contributed by atoms with Crippen LogP contribution in [0.15, 0.2) is 34.0 Å². The first-order chi connectivity index (χ1) is 11.8. The van der Waals surface area contributed by atoms with E-state index >= 15 is 0 Å². The van der Waals surface area contributed by atoms with Crippen molar-refractivity contribution in [1.82, 2.24) is 9.13 Å². The number of ether oxygens (including phenoxy) is 2. The van der Waals surface area contributed by atoms with Crippen LogP contribution in [0.4, 0.5) is 0 Å². The molecule has 0 spiro atoms. The largest absolute Gasteiger partial charge is 0.493 e. The molecule has 0 aliphatic heterocycles. The monoisotopic (exact) mass is 344 g/mol. The van der Waals surface area contributed by atoms with Gasteiger partial charge < -0.3 is 14.0 Å². The number of aryl methyl sites for hydroxylation is 2. The van der Waals surface area contributed by atoms with Crippen LogP contribution in [0.1, 0.15) is 21.5 Å². The van der Waals surface area contributed by atoms with Crippen LogP contribution in [0.3, 0.4) is 0 Å². The molecule has 25 heavy (non-hydrogen) atoms. The van der Waals surface area contributed by atoms with Crippen molar-refractivity contribution in [3.8, 4) is 11.5 Å². The Kier molecular flexibility index (Phi) is 5.26. The summed E-state index contributed by atoms with van der Waals surface area (Å²) in [5.74, 6) is 0.699. The van der Waals surface area contributed by atoms with Crippen LogP contribution in [-0.4, -0.2) is 29.1 Å². The minimum Gasteiger partial charge on any atom is -0.493 e. The van der Waals surface area contributed by atoms with Crippen LogP contribution in [0.25, 0.3) is 6.08 Å². The van der Waals surface area contributed by atoms with Crippen LogP contribution < -0.4 is 20.7 Å². The lowest BCUT2D eigenvalue weighted by atomic mass is 10.0. The predicted octanol–water partition coefficient (Wildman–Crippen LogP) is 1.31. The third kappa shape index (κ3) is 3.55. The molecule has 1 aromatic carbocycles. The topological polar surface area (TPSA) is 79.5 Å². The highest BCUT2D eigenvalue weighted by Crippen LogP contribution is 2.30. The molecule has 7 nitrogen and oxygen atoms in total. The Morgan fingerprint density at radius 3 is 2.28 bits per heavy atom. The number of carbonyl (C=O) groups excluding carboxylic acids is 1. The number of ketones is 1. The zero-order valence-corrected chi connectivity index (χ0v) is 14.8. The molecular formula is C18H20N2O5. The number of nitrogens with zero attached hydrogens (tertiary/aromatic N) is 2. The van der Waals surface area contributed by atoms with Crippen LogP contribution in [-0.2, 0) is 14.1 Å². The first-order valence-electron chi connectivity index (χ1n) is 7.51. The Bertz CT molecular complexity index is 967. The van der Waals surface area contributed by atoms with E-state index < -0.39 is 11.2 Å². The van der Waals surface area contributed by atoms with Gasteiger partial charge in [-0.15, -0.1) is 0 Å². The summed E-state index contributed by atoms with van der Waals surface area (Å²) >= 11 is 0. The van der Waals surface area contributed by atoms with Gasteiger partial charge in [0.1, 0.15) is 0 Å². The van der Waals surface area contributed by atoms with E-state index in [9.17, 15) is 14.4 Å². The summed E-state index contributed by atoms with van der Waals surface area (Å²) in [6.45, 7) is 1.79. The van der Waals surface area contributed by atoms with E-state index in [4.69, 9.17) is 9.47 Å². The molecule has 2 rings (SSSR count). The van der Waals surface area contributed by atoms with Crippen LogP contribution in [0, 0.1) is 6.92 Å². The number of benzene rings is 1. The first-order valence-corrected chi connectivity index (χ1v) is 7.51. The van der Waals surface area contributed by atoms with Crippen molar-refractivity contribution in [2.75, 3.05) is 14.2 Å². The average Bonchev–Trinajstić information content (AvgIpc) is 2.61. The van der Waals surface area contributed by atoms with Gasteiger partial charge in [-0.05, 0) is 36.8 Å². The maximum Gasteiger partial charge on any atom is 0.330 e. The Labute approximate surface area is 144 Å². The number of aromatic nitrogens is 2. The van der Waals surface area contributed by atoms with Gasteiger partial charge in [-0.3, -0.25) is 14.2 Å². The molecule has 0 bridgehead atoms. The van der Waals surface area contributed by atoms with Crippen LogP contribution in [0.2, 0.25) is 0 Å². The molecule has 0 fully saturated rings. The maximum atomic E-state index is 12.5. The van der Waals surface area contributed by atoms with Gasteiger partial charge in [0.25, 0.3) is 5.56 Å². The van der Waals surface area contributed by atoms with E-state index in [1.807, 2.05) is 0 Å². The number of methoxy groups -OCH3 is 2. The molecule has 0 amide bonds. The molecule has 0 radical (unpaired) electrons. The van der Waals surface area contributed by atoms with Crippen molar-refractivity contribution < 1.29 is 14.3 Å². The first kappa shape index (κ1) is 18.3. The molecule has 1 heterocycles. The summed E-state index contributed by atoms with van der Waals surface area (Å²) in [6, 6.07) is 3.31. The van der Waals surface area contributed by atoms with Crippen LogP contribution >= 0.6 is 0 Å². The van der Waals surface area contributed by atoms with Crippen molar-refractivity contribution in [2.24, 2.45) is 14.1 Å². The molecule has 7 heteroatoms. The quantitative estimate of drug-likeness (QED) is 0.603. The Morgan fingerprint density at radius 2 is 1.68 bits per heavy atom. The lowest BCUT2D eigenvalue weighted by molar-refractivity contribution is 0.104. The highest BCUT2D eigenvalue weighted by Gasteiger charge is 2.13. The van der Waals surface area contributed by atoms with E-state index in [0.717, 1.165) is 10.1 Å². The lowest BCUT2D eigenvalue weighted by Crippen LogP contribution is -2.37. The normalized spacial score (nSPS) is 10.9. The van der Waals surface area contributed by atoms with Crippen molar-refractivity contribution in [3.05, 3.63) is 61.9 Å².